The molecule has 1 amide bonds. The highest BCUT2D eigenvalue weighted by atomic mass is 35.5. The molecular formula is C18H15ClN4O2. The number of fused-ring (bicyclic) bond motifs is 3. The number of rotatable bonds is 3. The van der Waals surface area contributed by atoms with E-state index in [0.717, 1.165) is 11.0 Å². The second kappa shape index (κ2) is 6.22. The van der Waals surface area contributed by atoms with Crippen molar-refractivity contribution >= 4 is 39.8 Å². The van der Waals surface area contributed by atoms with Crippen molar-refractivity contribution in [2.24, 2.45) is 0 Å². The molecular weight excluding hydrogens is 340 g/mol. The average molecular weight is 355 g/mol. The zero-order chi connectivity index (χ0) is 17.4. The second-order valence-corrected chi connectivity index (χ2v) is 6.24. The van der Waals surface area contributed by atoms with Gasteiger partial charge in [0.05, 0.1) is 28.2 Å². The van der Waals surface area contributed by atoms with Gasteiger partial charge >= 0.3 is 0 Å². The van der Waals surface area contributed by atoms with Crippen LogP contribution in [0.2, 0.25) is 5.02 Å². The maximum absolute atomic E-state index is 12.4. The molecule has 0 fully saturated rings. The molecule has 126 valence electrons. The van der Waals surface area contributed by atoms with Crippen LogP contribution in [-0.4, -0.2) is 25.5 Å². The van der Waals surface area contributed by atoms with E-state index in [1.165, 1.54) is 6.20 Å². The number of amides is 1. The van der Waals surface area contributed by atoms with E-state index in [9.17, 15) is 9.90 Å². The summed E-state index contributed by atoms with van der Waals surface area (Å²) >= 11 is 6.02. The normalized spacial score (nSPS) is 13.8. The first kappa shape index (κ1) is 15.7. The molecule has 0 unspecified atom stereocenters. The number of nitrogens with zero attached hydrogens (tertiary/aromatic N) is 3. The number of aromatic nitrogens is 3. The third-order valence-corrected chi connectivity index (χ3v) is 4.53. The van der Waals surface area contributed by atoms with Crippen molar-refractivity contribution in [2.75, 3.05) is 5.32 Å². The Morgan fingerprint density at radius 2 is 2.16 bits per heavy atom. The highest BCUT2D eigenvalue weighted by Crippen LogP contribution is 2.31. The Hall–Kier alpha value is -2.86. The lowest BCUT2D eigenvalue weighted by molar-refractivity contribution is -0.115. The molecule has 6 nitrogen and oxygen atoms in total. The number of aliphatic hydroxyl groups is 1. The first-order valence-electron chi connectivity index (χ1n) is 7.89. The molecule has 7 heteroatoms. The van der Waals surface area contributed by atoms with Crippen molar-refractivity contribution in [3.8, 4) is 0 Å². The summed E-state index contributed by atoms with van der Waals surface area (Å²) in [6.45, 7) is 0.642. The summed E-state index contributed by atoms with van der Waals surface area (Å²) in [6.07, 6.45) is 3.52. The Labute approximate surface area is 148 Å². The van der Waals surface area contributed by atoms with Crippen molar-refractivity contribution in [3.05, 3.63) is 59.3 Å². The van der Waals surface area contributed by atoms with Crippen LogP contribution in [-0.2, 0) is 11.3 Å². The first-order valence-corrected chi connectivity index (χ1v) is 8.27. The van der Waals surface area contributed by atoms with Gasteiger partial charge in [0.1, 0.15) is 11.6 Å². The summed E-state index contributed by atoms with van der Waals surface area (Å²) in [5.74, 6) is 0.579. The smallest absolute Gasteiger partial charge is 0.229 e. The molecule has 2 N–H and O–H groups in total. The number of aryl methyl sites for hydroxylation is 1. The molecule has 1 aliphatic rings. The number of hydrogen-bond donors (Lipinski definition) is 2. The van der Waals surface area contributed by atoms with Gasteiger partial charge in [0, 0.05) is 30.9 Å². The molecule has 0 saturated heterocycles. The first-order chi connectivity index (χ1) is 12.1. The SMILES string of the molecule is O=C(CC1=C(O)CCn2c1nc1ccccc12)Nc1ccncc1Cl. The minimum Gasteiger partial charge on any atom is -0.512 e. The summed E-state index contributed by atoms with van der Waals surface area (Å²) in [5.41, 5.74) is 2.89. The number of imidazole rings is 1. The van der Waals surface area contributed by atoms with Gasteiger partial charge in [0.2, 0.25) is 5.91 Å². The zero-order valence-electron chi connectivity index (χ0n) is 13.2. The molecule has 0 aliphatic carbocycles. The number of nitrogens with one attached hydrogen (secondary N) is 1. The van der Waals surface area contributed by atoms with Gasteiger partial charge in [-0.05, 0) is 18.2 Å². The van der Waals surface area contributed by atoms with E-state index < -0.39 is 0 Å². The summed E-state index contributed by atoms with van der Waals surface area (Å²) in [5, 5.41) is 13.4. The van der Waals surface area contributed by atoms with Crippen LogP contribution in [0.4, 0.5) is 5.69 Å². The zero-order valence-corrected chi connectivity index (χ0v) is 14.0. The van der Waals surface area contributed by atoms with Gasteiger partial charge in [0.15, 0.2) is 0 Å². The van der Waals surface area contributed by atoms with Crippen LogP contribution in [0.5, 0.6) is 0 Å². The number of para-hydroxylation sites is 2. The molecule has 3 heterocycles. The second-order valence-electron chi connectivity index (χ2n) is 5.83. The van der Waals surface area contributed by atoms with Crippen molar-refractivity contribution in [3.63, 3.8) is 0 Å². The number of aliphatic hydroxyl groups excluding tert-OH is 1. The average Bonchev–Trinajstić information content (AvgIpc) is 2.98. The Morgan fingerprint density at radius 3 is 3.00 bits per heavy atom. The molecule has 0 radical (unpaired) electrons. The van der Waals surface area contributed by atoms with Crippen LogP contribution < -0.4 is 5.32 Å². The Morgan fingerprint density at radius 1 is 1.32 bits per heavy atom. The minimum atomic E-state index is -0.268. The van der Waals surface area contributed by atoms with E-state index in [-0.39, 0.29) is 18.1 Å². The molecule has 0 spiro atoms. The molecule has 1 aliphatic heterocycles. The number of carbonyl (C=O) groups excluding carboxylic acids is 1. The van der Waals surface area contributed by atoms with Crippen molar-refractivity contribution in [2.45, 2.75) is 19.4 Å². The van der Waals surface area contributed by atoms with E-state index >= 15 is 0 Å². The van der Waals surface area contributed by atoms with Gasteiger partial charge in [-0.25, -0.2) is 4.98 Å². The standard InChI is InChI=1S/C18H15ClN4O2/c19-12-10-20-7-5-13(12)21-17(25)9-11-16(24)6-8-23-15-4-2-1-3-14(15)22-18(11)23/h1-5,7,10,24H,6,8-9H2,(H,20,21,25). The van der Waals surface area contributed by atoms with E-state index in [1.54, 1.807) is 12.3 Å². The number of hydrogen-bond acceptors (Lipinski definition) is 4. The fraction of sp³-hybridized carbons (Fsp3) is 0.167. The van der Waals surface area contributed by atoms with E-state index in [0.29, 0.717) is 35.1 Å². The fourth-order valence-electron chi connectivity index (χ4n) is 3.04. The summed E-state index contributed by atoms with van der Waals surface area (Å²) in [6, 6.07) is 9.41. The molecule has 3 aromatic rings. The van der Waals surface area contributed by atoms with Crippen LogP contribution in [0.15, 0.2) is 48.5 Å². The molecule has 0 bridgehead atoms. The van der Waals surface area contributed by atoms with Crippen molar-refractivity contribution in [1.29, 1.82) is 0 Å². The summed E-state index contributed by atoms with van der Waals surface area (Å²) in [4.78, 5) is 20.9. The van der Waals surface area contributed by atoms with Gasteiger partial charge in [-0.2, -0.15) is 0 Å². The van der Waals surface area contributed by atoms with Crippen LogP contribution in [0, 0.1) is 0 Å². The predicted molar refractivity (Wildman–Crippen MR) is 96.4 cm³/mol. The maximum Gasteiger partial charge on any atom is 0.229 e. The van der Waals surface area contributed by atoms with Gasteiger partial charge in [0.25, 0.3) is 0 Å². The molecule has 25 heavy (non-hydrogen) atoms. The molecule has 0 saturated carbocycles. The number of pyridine rings is 1. The molecule has 2 aromatic heterocycles. The van der Waals surface area contributed by atoms with Gasteiger partial charge in [-0.1, -0.05) is 23.7 Å². The molecule has 4 rings (SSSR count). The Balaban J connectivity index is 1.64. The third-order valence-electron chi connectivity index (χ3n) is 4.23. The van der Waals surface area contributed by atoms with Crippen LogP contribution in [0.25, 0.3) is 16.6 Å². The number of anilines is 1. The van der Waals surface area contributed by atoms with Crippen molar-refractivity contribution < 1.29 is 9.90 Å². The lowest BCUT2D eigenvalue weighted by atomic mass is 10.0. The van der Waals surface area contributed by atoms with Crippen LogP contribution in [0.3, 0.4) is 0 Å². The maximum atomic E-state index is 12.4. The number of halogens is 1. The summed E-state index contributed by atoms with van der Waals surface area (Å²) < 4.78 is 2.04. The number of allylic oxidation sites excluding steroid dienone is 1. The number of carbonyl (C=O) groups is 1. The van der Waals surface area contributed by atoms with Crippen LogP contribution >= 0.6 is 11.6 Å². The Bertz CT molecular complexity index is 1010. The largest absolute Gasteiger partial charge is 0.512 e. The van der Waals surface area contributed by atoms with Gasteiger partial charge < -0.3 is 15.0 Å². The quantitative estimate of drug-likeness (QED) is 0.750. The highest BCUT2D eigenvalue weighted by Gasteiger charge is 2.24. The highest BCUT2D eigenvalue weighted by molar-refractivity contribution is 6.33. The monoisotopic (exact) mass is 354 g/mol. The Kier molecular flexibility index (Phi) is 3.89. The van der Waals surface area contributed by atoms with E-state index in [2.05, 4.69) is 15.3 Å². The van der Waals surface area contributed by atoms with E-state index in [4.69, 9.17) is 11.6 Å². The lowest BCUT2D eigenvalue weighted by Gasteiger charge is -2.19. The third kappa shape index (κ3) is 2.85. The van der Waals surface area contributed by atoms with Gasteiger partial charge in [-0.3, -0.25) is 9.78 Å². The van der Waals surface area contributed by atoms with E-state index in [1.807, 2.05) is 28.8 Å². The predicted octanol–water partition coefficient (Wildman–Crippen LogP) is 3.79. The molecule has 1 aromatic carbocycles. The molecule has 0 atom stereocenters. The van der Waals surface area contributed by atoms with Gasteiger partial charge in [-0.15, -0.1) is 0 Å². The van der Waals surface area contributed by atoms with Crippen molar-refractivity contribution in [1.82, 2.24) is 14.5 Å². The lowest BCUT2D eigenvalue weighted by Crippen LogP contribution is -2.18. The van der Waals surface area contributed by atoms with Crippen LogP contribution in [0.1, 0.15) is 18.7 Å². The fourth-order valence-corrected chi connectivity index (χ4v) is 3.21. The topological polar surface area (TPSA) is 80.0 Å². The summed E-state index contributed by atoms with van der Waals surface area (Å²) in [7, 11) is 0. The number of benzene rings is 1. The minimum absolute atomic E-state index is 0.0216.